The molecule has 0 fully saturated rings. The van der Waals surface area contributed by atoms with Crippen LogP contribution in [0.3, 0.4) is 0 Å². The van der Waals surface area contributed by atoms with E-state index in [4.69, 9.17) is 27.9 Å². The summed E-state index contributed by atoms with van der Waals surface area (Å²) in [5, 5.41) is 3.30. The monoisotopic (exact) mass is 369 g/mol. The van der Waals surface area contributed by atoms with Crippen molar-refractivity contribution in [3.05, 3.63) is 63.4 Å². The zero-order valence-corrected chi connectivity index (χ0v) is 14.4. The number of halogens is 3. The summed E-state index contributed by atoms with van der Waals surface area (Å²) in [6.07, 6.45) is -1.13. The Morgan fingerprint density at radius 1 is 1.21 bits per heavy atom. The number of anilines is 1. The minimum atomic E-state index is -1.13. The molecule has 4 nitrogen and oxygen atoms in total. The molecule has 126 valence electrons. The topological polar surface area (TPSA) is 55.4 Å². The van der Waals surface area contributed by atoms with E-state index in [0.29, 0.717) is 16.3 Å². The van der Waals surface area contributed by atoms with Gasteiger partial charge in [-0.2, -0.15) is 0 Å². The summed E-state index contributed by atoms with van der Waals surface area (Å²) in [6, 6.07) is 8.56. The van der Waals surface area contributed by atoms with Gasteiger partial charge in [-0.1, -0.05) is 29.3 Å². The van der Waals surface area contributed by atoms with Gasteiger partial charge >= 0.3 is 5.97 Å². The first-order valence-electron chi connectivity index (χ1n) is 7.01. The van der Waals surface area contributed by atoms with E-state index in [2.05, 4.69) is 5.32 Å². The molecule has 0 aliphatic carbocycles. The molecule has 0 unspecified atom stereocenters. The van der Waals surface area contributed by atoms with Gasteiger partial charge in [-0.3, -0.25) is 4.79 Å². The third-order valence-electron chi connectivity index (χ3n) is 3.33. The van der Waals surface area contributed by atoms with Gasteiger partial charge in [0.2, 0.25) is 0 Å². The molecule has 0 aliphatic rings. The lowest BCUT2D eigenvalue weighted by Gasteiger charge is -2.15. The van der Waals surface area contributed by atoms with Crippen LogP contribution in [-0.4, -0.2) is 18.0 Å². The van der Waals surface area contributed by atoms with E-state index in [1.165, 1.54) is 13.0 Å². The Hall–Kier alpha value is -2.11. The summed E-state index contributed by atoms with van der Waals surface area (Å²) < 4.78 is 18.6. The fourth-order valence-electron chi connectivity index (χ4n) is 1.91. The third-order valence-corrected chi connectivity index (χ3v) is 3.97. The highest BCUT2D eigenvalue weighted by Gasteiger charge is 2.22. The second-order valence-corrected chi connectivity index (χ2v) is 5.92. The Morgan fingerprint density at radius 3 is 2.62 bits per heavy atom. The number of hydrogen-bond donors (Lipinski definition) is 1. The molecule has 2 aromatic rings. The van der Waals surface area contributed by atoms with Crippen molar-refractivity contribution in [2.45, 2.75) is 20.0 Å². The minimum Gasteiger partial charge on any atom is -0.449 e. The number of hydrogen-bond acceptors (Lipinski definition) is 3. The fraction of sp³-hybridized carbons (Fsp3) is 0.176. The summed E-state index contributed by atoms with van der Waals surface area (Å²) in [5.41, 5.74) is 0.859. The Labute approximate surface area is 148 Å². The van der Waals surface area contributed by atoms with Gasteiger partial charge in [0.25, 0.3) is 5.91 Å². The van der Waals surface area contributed by atoms with E-state index in [9.17, 15) is 14.0 Å². The molecule has 1 amide bonds. The van der Waals surface area contributed by atoms with E-state index >= 15 is 0 Å². The summed E-state index contributed by atoms with van der Waals surface area (Å²) in [4.78, 5) is 24.1. The zero-order chi connectivity index (χ0) is 17.9. The normalized spacial score (nSPS) is 11.7. The number of esters is 1. The molecular formula is C17H14Cl2FNO3. The summed E-state index contributed by atoms with van der Waals surface area (Å²) >= 11 is 11.7. The van der Waals surface area contributed by atoms with Crippen LogP contribution in [-0.2, 0) is 9.53 Å². The van der Waals surface area contributed by atoms with Gasteiger partial charge in [-0.25, -0.2) is 9.18 Å². The van der Waals surface area contributed by atoms with Crippen molar-refractivity contribution in [2.75, 3.05) is 5.32 Å². The standard InChI is InChI=1S/C17H14Cl2FNO3/c1-9-13(19)4-3-5-15(9)21-16(22)10(2)24-17(23)12-8-11(18)6-7-14(12)20/h3-8,10H,1-2H3,(H,21,22)/t10-/m0/s1. The zero-order valence-electron chi connectivity index (χ0n) is 12.9. The number of rotatable bonds is 4. The maximum Gasteiger partial charge on any atom is 0.341 e. The number of nitrogens with one attached hydrogen (secondary N) is 1. The molecule has 0 heterocycles. The first kappa shape index (κ1) is 18.2. The SMILES string of the molecule is Cc1c(Cl)cccc1NC(=O)[C@H](C)OC(=O)c1cc(Cl)ccc1F. The van der Waals surface area contributed by atoms with Crippen LogP contribution in [0.15, 0.2) is 36.4 Å². The van der Waals surface area contributed by atoms with E-state index in [0.717, 1.165) is 12.1 Å². The second-order valence-electron chi connectivity index (χ2n) is 5.07. The predicted octanol–water partition coefficient (Wildman–Crippen LogP) is 4.62. The van der Waals surface area contributed by atoms with E-state index in [1.807, 2.05) is 0 Å². The average molecular weight is 370 g/mol. The predicted molar refractivity (Wildman–Crippen MR) is 91.1 cm³/mol. The molecule has 1 N–H and O–H groups in total. The first-order valence-corrected chi connectivity index (χ1v) is 7.77. The van der Waals surface area contributed by atoms with Crippen molar-refractivity contribution < 1.29 is 18.7 Å². The number of benzene rings is 2. The molecule has 0 bridgehead atoms. The first-order chi connectivity index (χ1) is 11.3. The maximum atomic E-state index is 13.6. The van der Waals surface area contributed by atoms with Gasteiger partial charge in [0.1, 0.15) is 5.82 Å². The van der Waals surface area contributed by atoms with Crippen molar-refractivity contribution in [3.63, 3.8) is 0 Å². The van der Waals surface area contributed by atoms with Gasteiger partial charge in [-0.05, 0) is 49.7 Å². The Bertz CT molecular complexity index is 795. The largest absolute Gasteiger partial charge is 0.449 e. The Kier molecular flexibility index (Phi) is 5.80. The fourth-order valence-corrected chi connectivity index (χ4v) is 2.26. The molecule has 0 saturated heterocycles. The van der Waals surface area contributed by atoms with Crippen LogP contribution in [0, 0.1) is 12.7 Å². The number of carbonyl (C=O) groups is 2. The maximum absolute atomic E-state index is 13.6. The lowest BCUT2D eigenvalue weighted by molar-refractivity contribution is -0.123. The van der Waals surface area contributed by atoms with E-state index in [1.54, 1.807) is 25.1 Å². The van der Waals surface area contributed by atoms with Crippen LogP contribution in [0.4, 0.5) is 10.1 Å². The van der Waals surface area contributed by atoms with Crippen LogP contribution < -0.4 is 5.32 Å². The van der Waals surface area contributed by atoms with Gasteiger partial charge in [0.15, 0.2) is 6.10 Å². The molecule has 0 saturated carbocycles. The highest BCUT2D eigenvalue weighted by Crippen LogP contribution is 2.23. The van der Waals surface area contributed by atoms with Gasteiger partial charge in [0, 0.05) is 15.7 Å². The molecule has 0 aliphatic heterocycles. The van der Waals surface area contributed by atoms with Crippen molar-refractivity contribution in [3.8, 4) is 0 Å². The molecule has 24 heavy (non-hydrogen) atoms. The highest BCUT2D eigenvalue weighted by molar-refractivity contribution is 6.32. The number of ether oxygens (including phenoxy) is 1. The Morgan fingerprint density at radius 2 is 1.92 bits per heavy atom. The minimum absolute atomic E-state index is 0.190. The van der Waals surface area contributed by atoms with Crippen LogP contribution in [0.2, 0.25) is 10.0 Å². The van der Waals surface area contributed by atoms with Crippen LogP contribution in [0.5, 0.6) is 0 Å². The smallest absolute Gasteiger partial charge is 0.341 e. The lowest BCUT2D eigenvalue weighted by atomic mass is 10.2. The molecule has 0 spiro atoms. The third kappa shape index (κ3) is 4.24. The van der Waals surface area contributed by atoms with Crippen molar-refractivity contribution in [2.24, 2.45) is 0 Å². The quantitative estimate of drug-likeness (QED) is 0.799. The molecule has 0 aromatic heterocycles. The lowest BCUT2D eigenvalue weighted by Crippen LogP contribution is -2.30. The van der Waals surface area contributed by atoms with Gasteiger partial charge < -0.3 is 10.1 Å². The summed E-state index contributed by atoms with van der Waals surface area (Å²) in [7, 11) is 0. The van der Waals surface area contributed by atoms with E-state index < -0.39 is 23.8 Å². The van der Waals surface area contributed by atoms with Crippen LogP contribution in [0.1, 0.15) is 22.8 Å². The summed E-state index contributed by atoms with van der Waals surface area (Å²) in [5.74, 6) is -2.31. The summed E-state index contributed by atoms with van der Waals surface area (Å²) in [6.45, 7) is 3.13. The van der Waals surface area contributed by atoms with Gasteiger partial charge in [-0.15, -0.1) is 0 Å². The molecule has 2 rings (SSSR count). The van der Waals surface area contributed by atoms with Crippen LogP contribution >= 0.6 is 23.2 Å². The van der Waals surface area contributed by atoms with Crippen molar-refractivity contribution >= 4 is 40.8 Å². The van der Waals surface area contributed by atoms with Crippen molar-refractivity contribution in [1.29, 1.82) is 0 Å². The van der Waals surface area contributed by atoms with E-state index in [-0.39, 0.29) is 10.6 Å². The van der Waals surface area contributed by atoms with Crippen LogP contribution in [0.25, 0.3) is 0 Å². The Balaban J connectivity index is 2.07. The molecule has 2 aromatic carbocycles. The number of amides is 1. The molecule has 0 radical (unpaired) electrons. The molecule has 1 atom stereocenters. The molecule has 7 heteroatoms. The molecular weight excluding hydrogens is 356 g/mol. The van der Waals surface area contributed by atoms with Gasteiger partial charge in [0.05, 0.1) is 5.56 Å². The average Bonchev–Trinajstić information content (AvgIpc) is 2.53. The highest BCUT2D eigenvalue weighted by atomic mass is 35.5. The number of carbonyl (C=O) groups excluding carboxylic acids is 2. The van der Waals surface area contributed by atoms with Crippen molar-refractivity contribution in [1.82, 2.24) is 0 Å². The second kappa shape index (κ2) is 7.64.